The lowest BCUT2D eigenvalue weighted by Gasteiger charge is -2.24. The number of nitrogens with zero attached hydrogens (tertiary/aromatic N) is 2. The van der Waals surface area contributed by atoms with Crippen molar-refractivity contribution in [3.63, 3.8) is 0 Å². The van der Waals surface area contributed by atoms with Gasteiger partial charge in [-0.3, -0.25) is 9.10 Å². The molecule has 1 N–H and O–H groups in total. The lowest BCUT2D eigenvalue weighted by molar-refractivity contribution is 0.102. The summed E-state index contributed by atoms with van der Waals surface area (Å²) in [7, 11) is -2.58. The molecule has 0 aliphatic carbocycles. The molecule has 0 aliphatic heterocycles. The zero-order valence-electron chi connectivity index (χ0n) is 16.7. The van der Waals surface area contributed by atoms with Crippen LogP contribution >= 0.6 is 11.6 Å². The summed E-state index contributed by atoms with van der Waals surface area (Å²) in [6.45, 7) is 3.68. The van der Waals surface area contributed by atoms with Crippen molar-refractivity contribution in [1.29, 1.82) is 0 Å². The van der Waals surface area contributed by atoms with Crippen LogP contribution < -0.4 is 14.4 Å². The third-order valence-corrected chi connectivity index (χ3v) is 6.58. The van der Waals surface area contributed by atoms with Gasteiger partial charge in [0.25, 0.3) is 15.9 Å². The predicted octanol–water partition coefficient (Wildman–Crippen LogP) is 4.38. The molecule has 0 aliphatic rings. The van der Waals surface area contributed by atoms with Crippen LogP contribution in [-0.4, -0.2) is 33.0 Å². The van der Waals surface area contributed by atoms with Crippen LogP contribution in [0.15, 0.2) is 84.4 Å². The number of amides is 1. The summed E-state index contributed by atoms with van der Waals surface area (Å²) < 4.78 is 32.9. The Balaban J connectivity index is 1.94. The molecular weight excluding hydrogens is 438 g/mol. The number of hydrogen-bond donors (Lipinski definition) is 1. The van der Waals surface area contributed by atoms with Crippen LogP contribution in [0.3, 0.4) is 0 Å². The van der Waals surface area contributed by atoms with E-state index < -0.39 is 15.9 Å². The number of pyridine rings is 1. The van der Waals surface area contributed by atoms with Crippen molar-refractivity contribution in [3.05, 3.63) is 90.1 Å². The van der Waals surface area contributed by atoms with Gasteiger partial charge in [0.15, 0.2) is 0 Å². The standard InChI is InChI=1S/C22H20ClN3O4S/c1-3-13-26(18-7-5-4-6-8-18)31(28,29)20-14-16(9-11-19(20)23)22(27)25-17-10-12-21(30-2)24-15-17/h3-12,14-15H,1,13H2,2H3,(H,25,27). The Kier molecular flexibility index (Phi) is 6.94. The topological polar surface area (TPSA) is 88.6 Å². The van der Waals surface area contributed by atoms with Gasteiger partial charge < -0.3 is 10.1 Å². The Morgan fingerprint density at radius 3 is 2.55 bits per heavy atom. The highest BCUT2D eigenvalue weighted by Gasteiger charge is 2.27. The third kappa shape index (κ3) is 5.04. The van der Waals surface area contributed by atoms with Crippen LogP contribution in [0.4, 0.5) is 11.4 Å². The fraction of sp³-hybridized carbons (Fsp3) is 0.0909. The average molecular weight is 458 g/mol. The van der Waals surface area contributed by atoms with Gasteiger partial charge in [-0.15, -0.1) is 6.58 Å². The van der Waals surface area contributed by atoms with E-state index in [4.69, 9.17) is 16.3 Å². The molecule has 0 radical (unpaired) electrons. The van der Waals surface area contributed by atoms with E-state index in [9.17, 15) is 13.2 Å². The molecule has 7 nitrogen and oxygen atoms in total. The molecule has 1 heterocycles. The normalized spacial score (nSPS) is 10.9. The maximum absolute atomic E-state index is 13.4. The molecule has 2 aromatic carbocycles. The number of nitrogens with one attached hydrogen (secondary N) is 1. The number of methoxy groups -OCH3 is 1. The van der Waals surface area contributed by atoms with E-state index in [2.05, 4.69) is 16.9 Å². The van der Waals surface area contributed by atoms with Crippen molar-refractivity contribution in [2.45, 2.75) is 4.90 Å². The van der Waals surface area contributed by atoms with Crippen molar-refractivity contribution in [2.24, 2.45) is 0 Å². The largest absolute Gasteiger partial charge is 0.481 e. The molecule has 0 spiro atoms. The summed E-state index contributed by atoms with van der Waals surface area (Å²) in [5, 5.41) is 2.68. The number of carbonyl (C=O) groups is 1. The van der Waals surface area contributed by atoms with Crippen molar-refractivity contribution < 1.29 is 17.9 Å². The van der Waals surface area contributed by atoms with Gasteiger partial charge in [0.1, 0.15) is 4.90 Å². The maximum atomic E-state index is 13.4. The van der Waals surface area contributed by atoms with E-state index >= 15 is 0 Å². The van der Waals surface area contributed by atoms with Crippen molar-refractivity contribution >= 4 is 38.9 Å². The highest BCUT2D eigenvalue weighted by atomic mass is 35.5. The van der Waals surface area contributed by atoms with Crippen LogP contribution in [0.25, 0.3) is 0 Å². The molecule has 1 aromatic heterocycles. The summed E-state index contributed by atoms with van der Waals surface area (Å²) in [4.78, 5) is 16.5. The van der Waals surface area contributed by atoms with Crippen molar-refractivity contribution in [1.82, 2.24) is 4.98 Å². The second-order valence-electron chi connectivity index (χ2n) is 6.35. The molecule has 0 saturated heterocycles. The van der Waals surface area contributed by atoms with Gasteiger partial charge in [-0.05, 0) is 36.4 Å². The Bertz CT molecular complexity index is 1180. The molecule has 1 amide bonds. The number of hydrogen-bond acceptors (Lipinski definition) is 5. The SMILES string of the molecule is C=CCN(c1ccccc1)S(=O)(=O)c1cc(C(=O)Nc2ccc(OC)nc2)ccc1Cl. The summed E-state index contributed by atoms with van der Waals surface area (Å²) >= 11 is 6.22. The minimum atomic E-state index is -4.06. The van der Waals surface area contributed by atoms with E-state index in [0.717, 1.165) is 0 Å². The number of rotatable bonds is 8. The maximum Gasteiger partial charge on any atom is 0.266 e. The molecule has 0 fully saturated rings. The highest BCUT2D eigenvalue weighted by molar-refractivity contribution is 7.93. The van der Waals surface area contributed by atoms with Crippen LogP contribution in [-0.2, 0) is 10.0 Å². The second kappa shape index (κ2) is 9.63. The molecule has 0 atom stereocenters. The van der Waals surface area contributed by atoms with Crippen LogP contribution in [0.2, 0.25) is 5.02 Å². The molecule has 9 heteroatoms. The first kappa shape index (κ1) is 22.3. The fourth-order valence-electron chi connectivity index (χ4n) is 2.79. The molecule has 3 rings (SSSR count). The van der Waals surface area contributed by atoms with Gasteiger partial charge in [-0.1, -0.05) is 35.9 Å². The van der Waals surface area contributed by atoms with E-state index in [0.29, 0.717) is 17.3 Å². The first-order valence-electron chi connectivity index (χ1n) is 9.16. The Labute approximate surface area is 186 Å². The van der Waals surface area contributed by atoms with Gasteiger partial charge in [0.2, 0.25) is 5.88 Å². The molecule has 160 valence electrons. The second-order valence-corrected chi connectivity index (χ2v) is 8.59. The number of ether oxygens (including phenoxy) is 1. The lowest BCUT2D eigenvalue weighted by atomic mass is 10.2. The number of benzene rings is 2. The minimum absolute atomic E-state index is 0.00709. The monoisotopic (exact) mass is 457 g/mol. The number of aromatic nitrogens is 1. The lowest BCUT2D eigenvalue weighted by Crippen LogP contribution is -2.31. The molecular formula is C22H20ClN3O4S. The van der Waals surface area contributed by atoms with Gasteiger partial charge in [0, 0.05) is 11.6 Å². The summed E-state index contributed by atoms with van der Waals surface area (Å²) in [6, 6.07) is 15.9. The molecule has 0 unspecified atom stereocenters. The zero-order chi connectivity index (χ0) is 22.4. The van der Waals surface area contributed by atoms with Gasteiger partial charge >= 0.3 is 0 Å². The number of anilines is 2. The number of para-hydroxylation sites is 1. The third-order valence-electron chi connectivity index (χ3n) is 4.30. The summed E-state index contributed by atoms with van der Waals surface area (Å²) in [5.41, 5.74) is 1.02. The number of carbonyl (C=O) groups excluding carboxylic acids is 1. The molecule has 3 aromatic rings. The number of halogens is 1. The number of sulfonamides is 1. The van der Waals surface area contributed by atoms with Crippen LogP contribution in [0, 0.1) is 0 Å². The minimum Gasteiger partial charge on any atom is -0.481 e. The van der Waals surface area contributed by atoms with Gasteiger partial charge in [-0.25, -0.2) is 13.4 Å². The average Bonchev–Trinajstić information content (AvgIpc) is 2.78. The first-order chi connectivity index (χ1) is 14.9. The summed E-state index contributed by atoms with van der Waals surface area (Å²) in [5.74, 6) is -0.101. The van der Waals surface area contributed by atoms with E-state index in [-0.39, 0.29) is 22.0 Å². The zero-order valence-corrected chi connectivity index (χ0v) is 18.2. The van der Waals surface area contributed by atoms with Crippen LogP contribution in [0.5, 0.6) is 5.88 Å². The van der Waals surface area contributed by atoms with Crippen molar-refractivity contribution in [3.8, 4) is 5.88 Å². The summed E-state index contributed by atoms with van der Waals surface area (Å²) in [6.07, 6.45) is 2.91. The Morgan fingerprint density at radius 2 is 1.94 bits per heavy atom. The van der Waals surface area contributed by atoms with Crippen molar-refractivity contribution in [2.75, 3.05) is 23.3 Å². The molecule has 0 bridgehead atoms. The van der Waals surface area contributed by atoms with E-state index in [1.54, 1.807) is 42.5 Å². The molecule has 31 heavy (non-hydrogen) atoms. The Morgan fingerprint density at radius 1 is 1.19 bits per heavy atom. The smallest absolute Gasteiger partial charge is 0.266 e. The predicted molar refractivity (Wildman–Crippen MR) is 121 cm³/mol. The van der Waals surface area contributed by atoms with E-state index in [1.807, 2.05) is 0 Å². The quantitative estimate of drug-likeness (QED) is 0.507. The van der Waals surface area contributed by atoms with Gasteiger partial charge in [0.05, 0.1) is 36.2 Å². The van der Waals surface area contributed by atoms with Gasteiger partial charge in [-0.2, -0.15) is 0 Å². The fourth-order valence-corrected chi connectivity index (χ4v) is 4.73. The first-order valence-corrected chi connectivity index (χ1v) is 11.0. The highest BCUT2D eigenvalue weighted by Crippen LogP contribution is 2.29. The Hall–Kier alpha value is -3.36. The van der Waals surface area contributed by atoms with E-state index in [1.165, 1.54) is 41.9 Å². The molecule has 0 saturated carbocycles. The van der Waals surface area contributed by atoms with Crippen LogP contribution in [0.1, 0.15) is 10.4 Å².